The number of aromatic nitrogens is 2. The number of hydrogen-bond donors (Lipinski definition) is 3. The summed E-state index contributed by atoms with van der Waals surface area (Å²) in [5.41, 5.74) is 2.09. The van der Waals surface area contributed by atoms with Crippen LogP contribution in [0.15, 0.2) is 18.3 Å². The van der Waals surface area contributed by atoms with Crippen molar-refractivity contribution in [2.75, 3.05) is 13.1 Å². The van der Waals surface area contributed by atoms with Gasteiger partial charge in [-0.25, -0.2) is 4.98 Å². The van der Waals surface area contributed by atoms with E-state index in [9.17, 15) is 10.1 Å². The number of terminal acetylenes is 1. The largest absolute Gasteiger partial charge is 0.366 e. The van der Waals surface area contributed by atoms with Crippen LogP contribution < -0.4 is 10.6 Å². The number of hydrogen-bond acceptors (Lipinski definition) is 6. The molecule has 1 atom stereocenters. The van der Waals surface area contributed by atoms with Crippen LogP contribution in [0.5, 0.6) is 0 Å². The van der Waals surface area contributed by atoms with E-state index < -0.39 is 4.92 Å². The molecule has 0 saturated heterocycles. The van der Waals surface area contributed by atoms with Crippen molar-refractivity contribution in [2.24, 2.45) is 0 Å². The SMILES string of the molecule is C#CCNC(=C[N+](=O)[O-])NCC(C)SCc1[nH]cnc1C. The number of rotatable bonds is 9. The molecular formula is C13H19N5O2S. The molecule has 0 aliphatic rings. The van der Waals surface area contributed by atoms with E-state index in [2.05, 4.69) is 26.5 Å². The molecule has 21 heavy (non-hydrogen) atoms. The maximum Gasteiger partial charge on any atom is 0.274 e. The Morgan fingerprint density at radius 1 is 1.71 bits per heavy atom. The van der Waals surface area contributed by atoms with Gasteiger partial charge in [0.05, 0.1) is 23.5 Å². The second-order valence-electron chi connectivity index (χ2n) is 4.35. The van der Waals surface area contributed by atoms with Crippen LogP contribution >= 0.6 is 11.8 Å². The molecule has 0 aromatic carbocycles. The summed E-state index contributed by atoms with van der Waals surface area (Å²) < 4.78 is 0. The molecule has 0 bridgehead atoms. The van der Waals surface area contributed by atoms with E-state index in [4.69, 9.17) is 6.42 Å². The maximum atomic E-state index is 10.5. The Hall–Kier alpha value is -2.14. The first-order valence-corrected chi connectivity index (χ1v) is 7.44. The molecule has 3 N–H and O–H groups in total. The number of nitro groups is 1. The highest BCUT2D eigenvalue weighted by Crippen LogP contribution is 2.17. The lowest BCUT2D eigenvalue weighted by Crippen LogP contribution is -2.31. The van der Waals surface area contributed by atoms with Gasteiger partial charge in [-0.05, 0) is 6.92 Å². The Bertz CT molecular complexity index is 535. The zero-order valence-electron chi connectivity index (χ0n) is 12.0. The van der Waals surface area contributed by atoms with E-state index in [1.54, 1.807) is 18.1 Å². The summed E-state index contributed by atoms with van der Waals surface area (Å²) in [6.07, 6.45) is 7.69. The van der Waals surface area contributed by atoms with Crippen molar-refractivity contribution in [1.82, 2.24) is 20.6 Å². The molecule has 1 aromatic rings. The molecule has 7 nitrogen and oxygen atoms in total. The van der Waals surface area contributed by atoms with Crippen molar-refractivity contribution in [1.29, 1.82) is 0 Å². The van der Waals surface area contributed by atoms with E-state index >= 15 is 0 Å². The van der Waals surface area contributed by atoms with Gasteiger partial charge in [-0.15, -0.1) is 6.42 Å². The second-order valence-corrected chi connectivity index (χ2v) is 5.78. The van der Waals surface area contributed by atoms with Crippen LogP contribution in [0.2, 0.25) is 0 Å². The summed E-state index contributed by atoms with van der Waals surface area (Å²) in [5.74, 6) is 3.52. The van der Waals surface area contributed by atoms with Gasteiger partial charge in [-0.2, -0.15) is 11.8 Å². The predicted octanol–water partition coefficient (Wildman–Crippen LogP) is 1.23. The second kappa shape index (κ2) is 8.92. The summed E-state index contributed by atoms with van der Waals surface area (Å²) in [6, 6.07) is 0. The first-order chi connectivity index (χ1) is 10.0. The van der Waals surface area contributed by atoms with E-state index in [-0.39, 0.29) is 11.8 Å². The Labute approximate surface area is 128 Å². The predicted molar refractivity (Wildman–Crippen MR) is 84.0 cm³/mol. The lowest BCUT2D eigenvalue weighted by atomic mass is 10.4. The van der Waals surface area contributed by atoms with Crippen LogP contribution in [0.4, 0.5) is 0 Å². The van der Waals surface area contributed by atoms with E-state index in [0.717, 1.165) is 23.3 Å². The summed E-state index contributed by atoms with van der Waals surface area (Å²) in [7, 11) is 0. The van der Waals surface area contributed by atoms with Gasteiger partial charge in [0, 0.05) is 23.2 Å². The molecule has 0 saturated carbocycles. The van der Waals surface area contributed by atoms with Gasteiger partial charge in [0.1, 0.15) is 0 Å². The minimum Gasteiger partial charge on any atom is -0.366 e. The standard InChI is InChI=1S/C13H19N5O2S/c1-4-5-14-13(7-18(19)20)15-6-10(2)21-8-12-11(3)16-9-17-12/h1,7,9-10,14-15H,5-6,8H2,2-3H3,(H,16,17). The van der Waals surface area contributed by atoms with E-state index in [0.29, 0.717) is 12.4 Å². The van der Waals surface area contributed by atoms with Gasteiger partial charge in [-0.1, -0.05) is 12.8 Å². The quantitative estimate of drug-likeness (QED) is 0.361. The van der Waals surface area contributed by atoms with Crippen LogP contribution in [0.25, 0.3) is 0 Å². The molecule has 0 spiro atoms. The Morgan fingerprint density at radius 2 is 2.48 bits per heavy atom. The molecule has 114 valence electrons. The zero-order chi connectivity index (χ0) is 15.7. The van der Waals surface area contributed by atoms with Crippen molar-refractivity contribution in [3.8, 4) is 12.3 Å². The molecule has 1 heterocycles. The van der Waals surface area contributed by atoms with E-state index in [1.807, 2.05) is 13.8 Å². The van der Waals surface area contributed by atoms with E-state index in [1.165, 1.54) is 0 Å². The summed E-state index contributed by atoms with van der Waals surface area (Å²) in [4.78, 5) is 17.2. The fourth-order valence-electron chi connectivity index (χ4n) is 1.48. The highest BCUT2D eigenvalue weighted by molar-refractivity contribution is 7.99. The van der Waals surface area contributed by atoms with Crippen LogP contribution in [-0.2, 0) is 5.75 Å². The Morgan fingerprint density at radius 3 is 3.05 bits per heavy atom. The van der Waals surface area contributed by atoms with Gasteiger partial charge < -0.3 is 15.6 Å². The van der Waals surface area contributed by atoms with Crippen LogP contribution in [0.1, 0.15) is 18.3 Å². The minimum absolute atomic E-state index is 0.238. The number of nitrogens with zero attached hydrogens (tertiary/aromatic N) is 2. The number of aromatic amines is 1. The number of imidazole rings is 1. The molecule has 1 unspecified atom stereocenters. The van der Waals surface area contributed by atoms with Gasteiger partial charge in [0.2, 0.25) is 0 Å². The topological polar surface area (TPSA) is 95.9 Å². The van der Waals surface area contributed by atoms with Crippen molar-refractivity contribution < 1.29 is 4.92 Å². The number of thioether (sulfide) groups is 1. The number of H-pyrrole nitrogens is 1. The third-order valence-corrected chi connectivity index (χ3v) is 3.83. The van der Waals surface area contributed by atoms with Gasteiger partial charge in [0.25, 0.3) is 6.20 Å². The fraction of sp³-hybridized carbons (Fsp3) is 0.462. The molecule has 0 aliphatic carbocycles. The molecule has 1 aromatic heterocycles. The normalized spacial score (nSPS) is 12.5. The molecule has 0 aliphatic heterocycles. The van der Waals surface area contributed by atoms with Crippen LogP contribution in [-0.4, -0.2) is 33.2 Å². The third kappa shape index (κ3) is 6.72. The van der Waals surface area contributed by atoms with Gasteiger partial charge >= 0.3 is 0 Å². The molecule has 0 fully saturated rings. The summed E-state index contributed by atoms with van der Waals surface area (Å²) in [5, 5.41) is 16.6. The molecular weight excluding hydrogens is 290 g/mol. The van der Waals surface area contributed by atoms with Crippen molar-refractivity contribution in [2.45, 2.75) is 24.9 Å². The van der Waals surface area contributed by atoms with Crippen LogP contribution in [0.3, 0.4) is 0 Å². The summed E-state index contributed by atoms with van der Waals surface area (Å²) in [6.45, 7) is 4.84. The monoisotopic (exact) mass is 309 g/mol. The zero-order valence-corrected chi connectivity index (χ0v) is 12.9. The van der Waals surface area contributed by atoms with Crippen molar-refractivity contribution in [3.05, 3.63) is 39.9 Å². The lowest BCUT2D eigenvalue weighted by molar-refractivity contribution is -0.404. The minimum atomic E-state index is -0.516. The highest BCUT2D eigenvalue weighted by Gasteiger charge is 2.08. The fourth-order valence-corrected chi connectivity index (χ4v) is 2.42. The first-order valence-electron chi connectivity index (χ1n) is 6.40. The average Bonchev–Trinajstić information content (AvgIpc) is 2.84. The Kier molecular flexibility index (Phi) is 7.18. The molecule has 8 heteroatoms. The number of aryl methyl sites for hydroxylation is 1. The van der Waals surface area contributed by atoms with Gasteiger partial charge in [-0.3, -0.25) is 10.1 Å². The van der Waals surface area contributed by atoms with Gasteiger partial charge in [0.15, 0.2) is 5.82 Å². The smallest absolute Gasteiger partial charge is 0.274 e. The molecule has 0 radical (unpaired) electrons. The number of nitrogens with one attached hydrogen (secondary N) is 3. The first kappa shape index (κ1) is 16.9. The van der Waals surface area contributed by atoms with Crippen LogP contribution in [0, 0.1) is 29.4 Å². The molecule has 1 rings (SSSR count). The summed E-state index contributed by atoms with van der Waals surface area (Å²) >= 11 is 1.73. The average molecular weight is 309 g/mol. The Balaban J connectivity index is 2.39. The maximum absolute atomic E-state index is 10.5. The third-order valence-electron chi connectivity index (χ3n) is 2.64. The highest BCUT2D eigenvalue weighted by atomic mass is 32.2. The molecule has 0 amide bonds. The van der Waals surface area contributed by atoms with Crippen molar-refractivity contribution >= 4 is 11.8 Å². The lowest BCUT2D eigenvalue weighted by Gasteiger charge is -2.14. The van der Waals surface area contributed by atoms with Crippen molar-refractivity contribution in [3.63, 3.8) is 0 Å².